The van der Waals surface area contributed by atoms with Crippen molar-refractivity contribution >= 4 is 23.3 Å². The Morgan fingerprint density at radius 1 is 1.29 bits per heavy atom. The Bertz CT molecular complexity index is 881. The highest BCUT2D eigenvalue weighted by Crippen LogP contribution is 2.34. The monoisotopic (exact) mass is 405 g/mol. The summed E-state index contributed by atoms with van der Waals surface area (Å²) in [5.41, 5.74) is 1.70. The lowest BCUT2D eigenvalue weighted by molar-refractivity contribution is -0.385. The molecule has 1 aliphatic rings. The Morgan fingerprint density at radius 2 is 2.00 bits per heavy atom. The van der Waals surface area contributed by atoms with Gasteiger partial charge in [0.1, 0.15) is 12.4 Å². The third kappa shape index (κ3) is 4.43. The highest BCUT2D eigenvalue weighted by molar-refractivity contribution is 6.30. The first-order valence-corrected chi connectivity index (χ1v) is 9.17. The highest BCUT2D eigenvalue weighted by Gasteiger charge is 2.27. The van der Waals surface area contributed by atoms with Crippen LogP contribution in [-0.2, 0) is 27.5 Å². The number of fused-ring (bicyclic) bond motifs is 1. The zero-order valence-corrected chi connectivity index (χ0v) is 16.3. The van der Waals surface area contributed by atoms with E-state index >= 15 is 0 Å². The molecule has 7 nitrogen and oxygen atoms in total. The number of esters is 1. The zero-order valence-electron chi connectivity index (χ0n) is 15.5. The van der Waals surface area contributed by atoms with Crippen molar-refractivity contribution in [1.82, 2.24) is 0 Å². The van der Waals surface area contributed by atoms with E-state index in [0.717, 1.165) is 5.56 Å². The van der Waals surface area contributed by atoms with Crippen molar-refractivity contribution in [3.8, 4) is 5.75 Å². The lowest BCUT2D eigenvalue weighted by atomic mass is 9.88. The molecule has 0 fully saturated rings. The zero-order chi connectivity index (χ0) is 20.3. The van der Waals surface area contributed by atoms with Gasteiger partial charge in [-0.25, -0.2) is 0 Å². The molecule has 0 amide bonds. The van der Waals surface area contributed by atoms with E-state index in [-0.39, 0.29) is 31.6 Å². The van der Waals surface area contributed by atoms with E-state index in [4.69, 9.17) is 25.8 Å². The van der Waals surface area contributed by atoms with Gasteiger partial charge in [-0.05, 0) is 23.6 Å². The molecule has 0 aliphatic carbocycles. The third-order valence-corrected chi connectivity index (χ3v) is 4.75. The summed E-state index contributed by atoms with van der Waals surface area (Å²) in [6.45, 7) is 3.98. The van der Waals surface area contributed by atoms with Gasteiger partial charge in [0.05, 0.1) is 17.4 Å². The molecule has 0 radical (unpaired) electrons. The first kappa shape index (κ1) is 20.1. The van der Waals surface area contributed by atoms with Crippen LogP contribution in [0.4, 0.5) is 5.69 Å². The molecule has 0 spiro atoms. The normalized spacial score (nSPS) is 14.1. The smallest absolute Gasteiger partial charge is 0.314 e. The maximum atomic E-state index is 12.8. The Hall–Kier alpha value is -2.64. The predicted octanol–water partition coefficient (Wildman–Crippen LogP) is 4.60. The van der Waals surface area contributed by atoms with Crippen LogP contribution < -0.4 is 4.74 Å². The van der Waals surface area contributed by atoms with Crippen molar-refractivity contribution in [2.75, 3.05) is 6.79 Å². The Kier molecular flexibility index (Phi) is 6.16. The van der Waals surface area contributed by atoms with Crippen LogP contribution in [0.15, 0.2) is 36.4 Å². The average molecular weight is 406 g/mol. The van der Waals surface area contributed by atoms with Crippen molar-refractivity contribution in [2.45, 2.75) is 33.0 Å². The van der Waals surface area contributed by atoms with Crippen molar-refractivity contribution < 1.29 is 23.9 Å². The Balaban J connectivity index is 1.82. The summed E-state index contributed by atoms with van der Waals surface area (Å²) in [5.74, 6) is -0.421. The minimum atomic E-state index is -0.495. The van der Waals surface area contributed by atoms with E-state index in [1.807, 2.05) is 13.8 Å². The molecular formula is C20H20ClNO6. The number of nitrogens with zero attached hydrogens (tertiary/aromatic N) is 1. The van der Waals surface area contributed by atoms with Crippen molar-refractivity contribution in [3.05, 3.63) is 68.2 Å². The van der Waals surface area contributed by atoms with Gasteiger partial charge in [-0.2, -0.15) is 0 Å². The maximum Gasteiger partial charge on any atom is 0.314 e. The van der Waals surface area contributed by atoms with Crippen LogP contribution >= 0.6 is 11.6 Å². The molecule has 8 heteroatoms. The Morgan fingerprint density at radius 3 is 2.64 bits per heavy atom. The molecule has 2 aromatic carbocycles. The van der Waals surface area contributed by atoms with Crippen LogP contribution in [0.2, 0.25) is 5.02 Å². The molecule has 28 heavy (non-hydrogen) atoms. The van der Waals surface area contributed by atoms with Crippen LogP contribution in [0.3, 0.4) is 0 Å². The number of carbonyl (C=O) groups is 1. The topological polar surface area (TPSA) is 87.9 Å². The van der Waals surface area contributed by atoms with Gasteiger partial charge in [-0.15, -0.1) is 0 Å². The van der Waals surface area contributed by atoms with Gasteiger partial charge in [0.15, 0.2) is 6.79 Å². The molecule has 1 atom stereocenters. The summed E-state index contributed by atoms with van der Waals surface area (Å²) < 4.78 is 16.2. The predicted molar refractivity (Wildman–Crippen MR) is 102 cm³/mol. The van der Waals surface area contributed by atoms with Crippen LogP contribution in [-0.4, -0.2) is 17.7 Å². The maximum absolute atomic E-state index is 12.8. The second-order valence-corrected chi connectivity index (χ2v) is 7.28. The second kappa shape index (κ2) is 8.58. The molecule has 0 N–H and O–H groups in total. The van der Waals surface area contributed by atoms with Gasteiger partial charge in [-0.1, -0.05) is 37.6 Å². The van der Waals surface area contributed by atoms with Crippen LogP contribution in [0.5, 0.6) is 5.75 Å². The van der Waals surface area contributed by atoms with Gasteiger partial charge in [0.2, 0.25) is 0 Å². The molecule has 3 rings (SSSR count). The molecule has 0 bridgehead atoms. The molecule has 0 saturated carbocycles. The van der Waals surface area contributed by atoms with Crippen LogP contribution in [0.1, 0.15) is 36.5 Å². The highest BCUT2D eigenvalue weighted by atomic mass is 35.5. The van der Waals surface area contributed by atoms with E-state index < -0.39 is 16.8 Å². The summed E-state index contributed by atoms with van der Waals surface area (Å²) in [6.07, 6.45) is 0. The van der Waals surface area contributed by atoms with E-state index in [9.17, 15) is 14.9 Å². The van der Waals surface area contributed by atoms with Crippen LogP contribution in [0, 0.1) is 16.0 Å². The molecule has 0 aromatic heterocycles. The van der Waals surface area contributed by atoms with E-state index in [1.54, 1.807) is 24.3 Å². The first-order chi connectivity index (χ1) is 13.4. The molecule has 0 saturated heterocycles. The fourth-order valence-electron chi connectivity index (χ4n) is 3.20. The number of carbonyl (C=O) groups excluding carboxylic acids is 1. The molecule has 1 unspecified atom stereocenters. The molecule has 1 heterocycles. The Labute approximate surface area is 167 Å². The van der Waals surface area contributed by atoms with E-state index in [0.29, 0.717) is 21.9 Å². The molecule has 1 aliphatic heterocycles. The minimum absolute atomic E-state index is 0.00245. The SMILES string of the molecule is CC(C)C(C(=O)OCc1cc([N+](=O)[O-])cc2c1OCOC2)c1ccc(Cl)cc1. The van der Waals surface area contributed by atoms with Crippen molar-refractivity contribution in [1.29, 1.82) is 0 Å². The van der Waals surface area contributed by atoms with Crippen LogP contribution in [0.25, 0.3) is 0 Å². The fraction of sp³-hybridized carbons (Fsp3) is 0.350. The number of non-ortho nitro benzene ring substituents is 1. The minimum Gasteiger partial charge on any atom is -0.467 e. The standard InChI is InChI=1S/C20H20ClNO6/c1-12(2)18(13-3-5-16(21)6-4-13)20(23)27-10-15-8-17(22(24)25)7-14-9-26-11-28-19(14)15/h3-8,12,18H,9-11H2,1-2H3. The van der Waals surface area contributed by atoms with Gasteiger partial charge < -0.3 is 14.2 Å². The number of ether oxygens (including phenoxy) is 3. The van der Waals surface area contributed by atoms with Crippen molar-refractivity contribution in [3.63, 3.8) is 0 Å². The lowest BCUT2D eigenvalue weighted by Gasteiger charge is -2.22. The summed E-state index contributed by atoms with van der Waals surface area (Å²) in [5, 5.41) is 11.8. The number of rotatable bonds is 6. The largest absolute Gasteiger partial charge is 0.467 e. The number of nitro benzene ring substituents is 1. The summed E-state index contributed by atoms with van der Waals surface area (Å²) in [6, 6.07) is 9.82. The molecule has 148 valence electrons. The van der Waals surface area contributed by atoms with Gasteiger partial charge in [0.25, 0.3) is 5.69 Å². The number of hydrogen-bond donors (Lipinski definition) is 0. The summed E-state index contributed by atoms with van der Waals surface area (Å²) in [4.78, 5) is 23.5. The first-order valence-electron chi connectivity index (χ1n) is 8.79. The van der Waals surface area contributed by atoms with Crippen molar-refractivity contribution in [2.24, 2.45) is 5.92 Å². The lowest BCUT2D eigenvalue weighted by Crippen LogP contribution is -2.21. The van der Waals surface area contributed by atoms with Gasteiger partial charge >= 0.3 is 5.97 Å². The number of nitro groups is 1. The third-order valence-electron chi connectivity index (χ3n) is 4.50. The number of hydrogen-bond acceptors (Lipinski definition) is 6. The quantitative estimate of drug-likeness (QED) is 0.396. The van der Waals surface area contributed by atoms with E-state index in [2.05, 4.69) is 0 Å². The summed E-state index contributed by atoms with van der Waals surface area (Å²) in [7, 11) is 0. The summed E-state index contributed by atoms with van der Waals surface area (Å²) >= 11 is 5.93. The number of benzene rings is 2. The molecular weight excluding hydrogens is 386 g/mol. The average Bonchev–Trinajstić information content (AvgIpc) is 2.67. The number of halogens is 1. The van der Waals surface area contributed by atoms with Gasteiger partial charge in [0, 0.05) is 28.3 Å². The molecule has 2 aromatic rings. The second-order valence-electron chi connectivity index (χ2n) is 6.84. The van der Waals surface area contributed by atoms with E-state index in [1.165, 1.54) is 12.1 Å². The van der Waals surface area contributed by atoms with Gasteiger partial charge in [-0.3, -0.25) is 14.9 Å². The fourth-order valence-corrected chi connectivity index (χ4v) is 3.32.